The van der Waals surface area contributed by atoms with Crippen molar-refractivity contribution < 1.29 is 23.7 Å². The Morgan fingerprint density at radius 3 is 2.59 bits per heavy atom. The molecule has 2 saturated heterocycles. The molecule has 5 atom stereocenters. The van der Waals surface area contributed by atoms with Crippen LogP contribution in [0.15, 0.2) is 12.5 Å². The van der Waals surface area contributed by atoms with Gasteiger partial charge in [0.2, 0.25) is 5.91 Å². The van der Waals surface area contributed by atoms with Crippen molar-refractivity contribution in [1.82, 2.24) is 15.3 Å². The molecule has 10 nitrogen and oxygen atoms in total. The summed E-state index contributed by atoms with van der Waals surface area (Å²) in [7, 11) is 0. The van der Waals surface area contributed by atoms with E-state index >= 15 is 0 Å². The van der Waals surface area contributed by atoms with E-state index in [4.69, 9.17) is 11.5 Å². The summed E-state index contributed by atoms with van der Waals surface area (Å²) in [6.07, 6.45) is 3.81. The molecular weight excluding hydrogens is 376 g/mol. The van der Waals surface area contributed by atoms with Gasteiger partial charge in [0.25, 0.3) is 5.91 Å². The number of imidazole rings is 1. The summed E-state index contributed by atoms with van der Waals surface area (Å²) in [5.41, 5.74) is 11.9. The largest absolute Gasteiger partial charge is 0.364 e. The number of aromatic amines is 1. The van der Waals surface area contributed by atoms with Crippen LogP contribution in [0.2, 0.25) is 0 Å². The number of nitrogens with two attached hydrogens (primary N) is 2. The maximum atomic E-state index is 13.7. The van der Waals surface area contributed by atoms with Gasteiger partial charge in [-0.3, -0.25) is 9.59 Å². The van der Waals surface area contributed by atoms with Crippen molar-refractivity contribution in [3.63, 3.8) is 0 Å². The number of nitrogens with zero attached hydrogens (tertiary/aromatic N) is 2. The van der Waals surface area contributed by atoms with Gasteiger partial charge in [-0.25, -0.2) is 14.6 Å². The van der Waals surface area contributed by atoms with Crippen molar-refractivity contribution in [3.8, 4) is 0 Å². The third-order valence-electron chi connectivity index (χ3n) is 6.32. The molecule has 3 rings (SSSR count). The number of imide groups is 1. The van der Waals surface area contributed by atoms with Crippen molar-refractivity contribution in [2.24, 2.45) is 22.8 Å². The third kappa shape index (κ3) is 3.46. The van der Waals surface area contributed by atoms with E-state index in [1.165, 1.54) is 6.33 Å². The molecule has 6 N–H and O–H groups in total. The van der Waals surface area contributed by atoms with E-state index in [0.29, 0.717) is 12.1 Å². The molecule has 0 bridgehead atoms. The number of aromatic nitrogens is 2. The van der Waals surface area contributed by atoms with Gasteiger partial charge in [-0.05, 0) is 5.92 Å². The monoisotopic (exact) mass is 405 g/mol. The van der Waals surface area contributed by atoms with Crippen molar-refractivity contribution >= 4 is 23.6 Å². The molecule has 10 heteroatoms. The average molecular weight is 405 g/mol. The number of quaternary nitrogens is 1. The maximum Gasteiger partial charge on any atom is 0.344 e. The van der Waals surface area contributed by atoms with Crippen LogP contribution in [0.3, 0.4) is 0 Å². The normalized spacial score (nSPS) is 32.0. The Labute approximate surface area is 169 Å². The standard InChI is InChI=1S/C19H28N6O4/c1-10-6-13(26)24-14(10)18(29)25(5-4-19(2,3)15(25)16(21)27)17(28)12(20)7-11-8-22-9-23-11/h8-10,12,14-15H,4-7,20H2,1-3H3,(H3-,21,22,23,24,26,27)/p+1/t10-,12+,14+,15-,25?/m1/s1. The summed E-state index contributed by atoms with van der Waals surface area (Å²) in [5.74, 6) is -2.34. The van der Waals surface area contributed by atoms with Crippen LogP contribution in [-0.2, 0) is 25.6 Å². The molecule has 1 aromatic rings. The van der Waals surface area contributed by atoms with Gasteiger partial charge in [0.15, 0.2) is 6.04 Å². The van der Waals surface area contributed by atoms with Crippen molar-refractivity contribution in [2.45, 2.75) is 58.2 Å². The Morgan fingerprint density at radius 2 is 2.07 bits per heavy atom. The third-order valence-corrected chi connectivity index (χ3v) is 6.32. The fraction of sp³-hybridized carbons (Fsp3) is 0.632. The molecule has 158 valence electrons. The van der Waals surface area contributed by atoms with Crippen LogP contribution in [0.5, 0.6) is 0 Å². The van der Waals surface area contributed by atoms with Crippen LogP contribution in [0.4, 0.5) is 0 Å². The van der Waals surface area contributed by atoms with E-state index in [9.17, 15) is 19.2 Å². The van der Waals surface area contributed by atoms with Crippen LogP contribution < -0.4 is 16.8 Å². The Hall–Kier alpha value is -2.59. The van der Waals surface area contributed by atoms with Gasteiger partial charge in [-0.15, -0.1) is 0 Å². The number of carbonyl (C=O) groups excluding carboxylic acids is 4. The Bertz CT molecular complexity index is 836. The molecule has 29 heavy (non-hydrogen) atoms. The molecule has 2 aliphatic rings. The van der Waals surface area contributed by atoms with E-state index in [0.717, 1.165) is 0 Å². The fourth-order valence-corrected chi connectivity index (χ4v) is 4.87. The van der Waals surface area contributed by atoms with Crippen LogP contribution in [0.1, 0.15) is 39.3 Å². The van der Waals surface area contributed by atoms with E-state index in [1.54, 1.807) is 13.1 Å². The number of hydrogen-bond donors (Lipinski definition) is 4. The SMILES string of the molecule is C[C@@H]1CC(=O)N[C@@H]1C(=O)[N+]1(C(=O)[C@@H](N)Cc2cnc[nH]2)CCC(C)(C)[C@H]1C(N)=O. The zero-order valence-electron chi connectivity index (χ0n) is 17.0. The van der Waals surface area contributed by atoms with E-state index in [2.05, 4.69) is 15.3 Å². The molecule has 4 amide bonds. The van der Waals surface area contributed by atoms with Crippen LogP contribution >= 0.6 is 0 Å². The summed E-state index contributed by atoms with van der Waals surface area (Å²) in [6, 6.07) is -2.95. The number of primary amides is 1. The van der Waals surface area contributed by atoms with Gasteiger partial charge < -0.3 is 21.8 Å². The van der Waals surface area contributed by atoms with Crippen LogP contribution in [-0.4, -0.2) is 62.7 Å². The summed E-state index contributed by atoms with van der Waals surface area (Å²) in [4.78, 5) is 58.6. The Balaban J connectivity index is 2.04. The molecule has 0 saturated carbocycles. The van der Waals surface area contributed by atoms with Gasteiger partial charge in [-0.1, -0.05) is 20.8 Å². The summed E-state index contributed by atoms with van der Waals surface area (Å²) < 4.78 is -0.757. The first-order valence-corrected chi connectivity index (χ1v) is 9.79. The van der Waals surface area contributed by atoms with E-state index < -0.39 is 45.7 Å². The summed E-state index contributed by atoms with van der Waals surface area (Å²) >= 11 is 0. The smallest absolute Gasteiger partial charge is 0.344 e. The van der Waals surface area contributed by atoms with E-state index in [1.807, 2.05) is 13.8 Å². The molecule has 0 radical (unpaired) electrons. The van der Waals surface area contributed by atoms with Crippen molar-refractivity contribution in [3.05, 3.63) is 18.2 Å². The number of rotatable bonds is 5. The van der Waals surface area contributed by atoms with Crippen molar-refractivity contribution in [2.75, 3.05) is 6.54 Å². The highest BCUT2D eigenvalue weighted by Gasteiger charge is 2.66. The summed E-state index contributed by atoms with van der Waals surface area (Å²) in [5, 5.41) is 2.67. The zero-order valence-corrected chi connectivity index (χ0v) is 17.0. The van der Waals surface area contributed by atoms with Gasteiger partial charge in [0.05, 0.1) is 12.9 Å². The molecule has 1 unspecified atom stereocenters. The van der Waals surface area contributed by atoms with Gasteiger partial charge in [-0.2, -0.15) is 4.48 Å². The molecule has 3 heterocycles. The van der Waals surface area contributed by atoms with E-state index in [-0.39, 0.29) is 31.2 Å². The summed E-state index contributed by atoms with van der Waals surface area (Å²) in [6.45, 7) is 5.53. The lowest BCUT2D eigenvalue weighted by molar-refractivity contribution is -0.787. The Morgan fingerprint density at radius 1 is 1.38 bits per heavy atom. The predicted octanol–water partition coefficient (Wildman–Crippen LogP) is -1.04. The van der Waals surface area contributed by atoms with Gasteiger partial charge >= 0.3 is 11.8 Å². The second kappa shape index (κ2) is 7.34. The lowest BCUT2D eigenvalue weighted by Crippen LogP contribution is -2.72. The first-order valence-electron chi connectivity index (χ1n) is 9.79. The lowest BCUT2D eigenvalue weighted by Gasteiger charge is -2.39. The van der Waals surface area contributed by atoms with Crippen LogP contribution in [0, 0.1) is 11.3 Å². The highest BCUT2D eigenvalue weighted by atomic mass is 16.2. The molecule has 2 fully saturated rings. The molecular formula is C19H29N6O4+. The quantitative estimate of drug-likeness (QED) is 0.457. The van der Waals surface area contributed by atoms with Crippen molar-refractivity contribution in [1.29, 1.82) is 0 Å². The number of hydrogen-bond acceptors (Lipinski definition) is 6. The number of amides is 4. The Kier molecular flexibility index (Phi) is 5.35. The second-order valence-electron chi connectivity index (χ2n) is 8.93. The molecule has 2 aliphatic heterocycles. The topological polar surface area (TPSA) is 161 Å². The highest BCUT2D eigenvalue weighted by Crippen LogP contribution is 2.43. The lowest BCUT2D eigenvalue weighted by atomic mass is 9.83. The molecule has 0 spiro atoms. The average Bonchev–Trinajstić information content (AvgIpc) is 3.31. The number of likely N-dealkylation sites (tertiary alicyclic amines) is 1. The minimum absolute atomic E-state index is 0.119. The maximum absolute atomic E-state index is 13.7. The molecule has 0 aliphatic carbocycles. The number of nitrogens with one attached hydrogen (secondary N) is 2. The first-order chi connectivity index (χ1) is 13.5. The van der Waals surface area contributed by atoms with Crippen LogP contribution in [0.25, 0.3) is 0 Å². The van der Waals surface area contributed by atoms with Gasteiger partial charge in [0.1, 0.15) is 12.1 Å². The number of H-pyrrole nitrogens is 1. The second-order valence-corrected chi connectivity index (χ2v) is 8.93. The number of carbonyl (C=O) groups is 4. The minimum atomic E-state index is -1.06. The minimum Gasteiger partial charge on any atom is -0.364 e. The van der Waals surface area contributed by atoms with Gasteiger partial charge in [0, 0.05) is 36.6 Å². The fourth-order valence-electron chi connectivity index (χ4n) is 4.87. The first kappa shape index (κ1) is 21.1. The highest BCUT2D eigenvalue weighted by molar-refractivity contribution is 5.97. The zero-order chi connectivity index (χ0) is 21.6. The molecule has 0 aromatic carbocycles. The molecule has 1 aromatic heterocycles. The predicted molar refractivity (Wildman–Crippen MR) is 103 cm³/mol.